The van der Waals surface area contributed by atoms with E-state index < -0.39 is 0 Å². The SMILES string of the molecule is CC(=O)CCCO.Cc1ccc(O)cc1.Cc1ccccc1. The van der Waals surface area contributed by atoms with Crippen molar-refractivity contribution in [2.24, 2.45) is 0 Å². The van der Waals surface area contributed by atoms with Crippen molar-refractivity contribution in [2.75, 3.05) is 6.61 Å². The van der Waals surface area contributed by atoms with Gasteiger partial charge < -0.3 is 15.0 Å². The smallest absolute Gasteiger partial charge is 0.129 e. The Balaban J connectivity index is 0.000000302. The quantitative estimate of drug-likeness (QED) is 0.899. The van der Waals surface area contributed by atoms with E-state index in [1.807, 2.05) is 37.3 Å². The molecular formula is C19H26O3. The van der Waals surface area contributed by atoms with Gasteiger partial charge in [-0.05, 0) is 39.3 Å². The van der Waals surface area contributed by atoms with Crippen LogP contribution in [-0.2, 0) is 4.79 Å². The average molecular weight is 302 g/mol. The molecule has 0 unspecified atom stereocenters. The molecule has 0 heterocycles. The van der Waals surface area contributed by atoms with Crippen LogP contribution >= 0.6 is 0 Å². The van der Waals surface area contributed by atoms with Crippen molar-refractivity contribution in [1.82, 2.24) is 0 Å². The van der Waals surface area contributed by atoms with E-state index >= 15 is 0 Å². The molecule has 2 rings (SSSR count). The number of carbonyl (C=O) groups is 1. The van der Waals surface area contributed by atoms with Gasteiger partial charge in [-0.15, -0.1) is 0 Å². The molecule has 2 aromatic carbocycles. The minimum absolute atomic E-state index is 0.125. The molecule has 3 nitrogen and oxygen atoms in total. The van der Waals surface area contributed by atoms with Gasteiger partial charge in [0, 0.05) is 13.0 Å². The standard InChI is InChI=1S/C7H8O.C7H8.C5H10O2/c1-6-2-4-7(8)5-3-6;1-7-5-3-2-4-6-7;1-5(7)3-2-4-6/h2-5,8H,1H3;2-6H,1H3;6H,2-4H2,1H3. The van der Waals surface area contributed by atoms with Crippen LogP contribution in [0.3, 0.4) is 0 Å². The van der Waals surface area contributed by atoms with Crippen molar-refractivity contribution < 1.29 is 15.0 Å². The molecule has 0 atom stereocenters. The zero-order valence-electron chi connectivity index (χ0n) is 13.6. The summed E-state index contributed by atoms with van der Waals surface area (Å²) in [4.78, 5) is 10.1. The van der Waals surface area contributed by atoms with Gasteiger partial charge in [0.05, 0.1) is 0 Å². The molecule has 0 saturated heterocycles. The van der Waals surface area contributed by atoms with E-state index in [4.69, 9.17) is 10.2 Å². The molecule has 2 aromatic rings. The van der Waals surface area contributed by atoms with Gasteiger partial charge in [-0.2, -0.15) is 0 Å². The lowest BCUT2D eigenvalue weighted by Gasteiger charge is -1.89. The van der Waals surface area contributed by atoms with Crippen molar-refractivity contribution in [3.05, 3.63) is 65.7 Å². The van der Waals surface area contributed by atoms with E-state index in [0.717, 1.165) is 0 Å². The highest BCUT2D eigenvalue weighted by molar-refractivity contribution is 5.75. The summed E-state index contributed by atoms with van der Waals surface area (Å²) in [7, 11) is 0. The normalized spacial score (nSPS) is 8.91. The first-order valence-electron chi connectivity index (χ1n) is 7.33. The second kappa shape index (κ2) is 12.6. The Kier molecular flexibility index (Phi) is 11.4. The number of phenols is 1. The van der Waals surface area contributed by atoms with Crippen LogP contribution in [-0.4, -0.2) is 22.6 Å². The first kappa shape index (κ1) is 19.9. The topological polar surface area (TPSA) is 57.5 Å². The fourth-order valence-electron chi connectivity index (χ4n) is 1.41. The van der Waals surface area contributed by atoms with Crippen LogP contribution in [0.1, 0.15) is 30.9 Å². The molecular weight excluding hydrogens is 276 g/mol. The van der Waals surface area contributed by atoms with Gasteiger partial charge in [0.2, 0.25) is 0 Å². The zero-order chi connectivity index (χ0) is 16.8. The molecule has 120 valence electrons. The number of hydrogen-bond donors (Lipinski definition) is 2. The highest BCUT2D eigenvalue weighted by Crippen LogP contribution is 2.07. The Hall–Kier alpha value is -2.13. The second-order valence-electron chi connectivity index (χ2n) is 5.02. The molecule has 3 heteroatoms. The molecule has 0 aliphatic rings. The van der Waals surface area contributed by atoms with E-state index in [1.54, 1.807) is 12.1 Å². The highest BCUT2D eigenvalue weighted by atomic mass is 16.3. The van der Waals surface area contributed by atoms with Crippen molar-refractivity contribution in [3.63, 3.8) is 0 Å². The van der Waals surface area contributed by atoms with Gasteiger partial charge in [0.15, 0.2) is 0 Å². The highest BCUT2D eigenvalue weighted by Gasteiger charge is 1.88. The van der Waals surface area contributed by atoms with Crippen LogP contribution in [0.2, 0.25) is 0 Å². The van der Waals surface area contributed by atoms with Gasteiger partial charge in [0.1, 0.15) is 11.5 Å². The Labute approximate surface area is 133 Å². The van der Waals surface area contributed by atoms with Crippen molar-refractivity contribution in [1.29, 1.82) is 0 Å². The molecule has 0 aliphatic heterocycles. The van der Waals surface area contributed by atoms with Gasteiger partial charge in [-0.3, -0.25) is 0 Å². The Morgan fingerprint density at radius 2 is 1.41 bits per heavy atom. The summed E-state index contributed by atoms with van der Waals surface area (Å²) in [5.74, 6) is 0.477. The Morgan fingerprint density at radius 1 is 0.909 bits per heavy atom. The molecule has 0 aromatic heterocycles. The molecule has 22 heavy (non-hydrogen) atoms. The number of aliphatic hydroxyl groups excluding tert-OH is 1. The number of ketones is 1. The Morgan fingerprint density at radius 3 is 1.68 bits per heavy atom. The predicted molar refractivity (Wildman–Crippen MR) is 91.0 cm³/mol. The fraction of sp³-hybridized carbons (Fsp3) is 0.316. The number of phenolic OH excluding ortho intramolecular Hbond substituents is 1. The van der Waals surface area contributed by atoms with Crippen LogP contribution in [0.4, 0.5) is 0 Å². The first-order chi connectivity index (χ1) is 10.5. The van der Waals surface area contributed by atoms with Crippen LogP contribution in [0.15, 0.2) is 54.6 Å². The average Bonchev–Trinajstić information content (AvgIpc) is 2.50. The van der Waals surface area contributed by atoms with E-state index in [9.17, 15) is 4.79 Å². The molecule has 0 spiro atoms. The number of aryl methyl sites for hydroxylation is 2. The first-order valence-corrected chi connectivity index (χ1v) is 7.33. The fourth-order valence-corrected chi connectivity index (χ4v) is 1.41. The van der Waals surface area contributed by atoms with Gasteiger partial charge in [-0.1, -0.05) is 53.6 Å². The van der Waals surface area contributed by atoms with Crippen molar-refractivity contribution >= 4 is 5.78 Å². The maximum atomic E-state index is 10.1. The summed E-state index contributed by atoms with van der Waals surface area (Å²) in [5.41, 5.74) is 2.49. The number of Topliss-reactive ketones (excluding diaryl/α,β-unsaturated/α-hetero) is 1. The third kappa shape index (κ3) is 12.9. The third-order valence-electron chi connectivity index (χ3n) is 2.66. The number of benzene rings is 2. The van der Waals surface area contributed by atoms with Crippen LogP contribution in [0.5, 0.6) is 5.75 Å². The number of rotatable bonds is 3. The minimum atomic E-state index is 0.125. The third-order valence-corrected chi connectivity index (χ3v) is 2.66. The molecule has 0 radical (unpaired) electrons. The van der Waals surface area contributed by atoms with Gasteiger partial charge >= 0.3 is 0 Å². The zero-order valence-corrected chi connectivity index (χ0v) is 13.6. The number of aromatic hydroxyl groups is 1. The number of hydrogen-bond acceptors (Lipinski definition) is 3. The summed E-state index contributed by atoms with van der Waals surface area (Å²) in [6, 6.07) is 17.4. The lowest BCUT2D eigenvalue weighted by Crippen LogP contribution is -1.91. The van der Waals surface area contributed by atoms with E-state index in [-0.39, 0.29) is 12.4 Å². The molecule has 0 saturated carbocycles. The van der Waals surface area contributed by atoms with Crippen molar-refractivity contribution in [3.8, 4) is 5.75 Å². The number of aliphatic hydroxyl groups is 1. The summed E-state index contributed by atoms with van der Waals surface area (Å²) < 4.78 is 0. The maximum absolute atomic E-state index is 10.1. The lowest BCUT2D eigenvalue weighted by molar-refractivity contribution is -0.117. The molecule has 2 N–H and O–H groups in total. The van der Waals surface area contributed by atoms with Crippen LogP contribution in [0.25, 0.3) is 0 Å². The maximum Gasteiger partial charge on any atom is 0.129 e. The van der Waals surface area contributed by atoms with E-state index in [0.29, 0.717) is 18.6 Å². The van der Waals surface area contributed by atoms with E-state index in [1.165, 1.54) is 18.1 Å². The minimum Gasteiger partial charge on any atom is -0.508 e. The second-order valence-corrected chi connectivity index (χ2v) is 5.02. The summed E-state index contributed by atoms with van der Waals surface area (Å²) in [6.07, 6.45) is 1.12. The van der Waals surface area contributed by atoms with Gasteiger partial charge in [-0.25, -0.2) is 0 Å². The van der Waals surface area contributed by atoms with Crippen LogP contribution < -0.4 is 0 Å². The molecule has 0 bridgehead atoms. The monoisotopic (exact) mass is 302 g/mol. The molecule has 0 amide bonds. The summed E-state index contributed by atoms with van der Waals surface area (Å²) in [6.45, 7) is 5.72. The number of carbonyl (C=O) groups excluding carboxylic acids is 1. The molecule has 0 fully saturated rings. The van der Waals surface area contributed by atoms with Crippen molar-refractivity contribution in [2.45, 2.75) is 33.6 Å². The largest absolute Gasteiger partial charge is 0.508 e. The summed E-state index contributed by atoms with van der Waals surface area (Å²) >= 11 is 0. The van der Waals surface area contributed by atoms with Gasteiger partial charge in [0.25, 0.3) is 0 Å². The molecule has 0 aliphatic carbocycles. The summed E-state index contributed by atoms with van der Waals surface area (Å²) in [5, 5.41) is 16.9. The van der Waals surface area contributed by atoms with E-state index in [2.05, 4.69) is 19.1 Å². The Bertz CT molecular complexity index is 483. The predicted octanol–water partition coefficient (Wildman–Crippen LogP) is 4.04. The van der Waals surface area contributed by atoms with Crippen LogP contribution in [0, 0.1) is 13.8 Å². The lowest BCUT2D eigenvalue weighted by atomic mass is 10.2.